The normalized spacial score (nSPS) is 19.2. The van der Waals surface area contributed by atoms with E-state index in [1.807, 2.05) is 12.1 Å². The Labute approximate surface area is 110 Å². The van der Waals surface area contributed by atoms with Crippen molar-refractivity contribution in [3.05, 3.63) is 34.1 Å². The van der Waals surface area contributed by atoms with Gasteiger partial charge < -0.3 is 5.32 Å². The number of hydrogen-bond donors (Lipinski definition) is 1. The molecule has 0 saturated carbocycles. The fourth-order valence-corrected chi connectivity index (χ4v) is 2.77. The van der Waals surface area contributed by atoms with Crippen LogP contribution in [0.4, 0.5) is 4.39 Å². The minimum absolute atomic E-state index is 0.107. The lowest BCUT2D eigenvalue weighted by Crippen LogP contribution is -2.45. The van der Waals surface area contributed by atoms with Crippen molar-refractivity contribution >= 4 is 15.9 Å². The molecule has 1 N–H and O–H groups in total. The lowest BCUT2D eigenvalue weighted by Gasteiger charge is -2.34. The van der Waals surface area contributed by atoms with Crippen molar-refractivity contribution in [2.24, 2.45) is 0 Å². The number of halogens is 2. The van der Waals surface area contributed by atoms with Crippen molar-refractivity contribution in [3.8, 4) is 0 Å². The number of rotatable bonds is 3. The van der Waals surface area contributed by atoms with E-state index in [9.17, 15) is 4.39 Å². The Balaban J connectivity index is 2.21. The largest absolute Gasteiger partial charge is 0.314 e. The molecule has 0 unspecified atom stereocenters. The minimum atomic E-state index is -0.107. The second kappa shape index (κ2) is 5.94. The van der Waals surface area contributed by atoms with Crippen molar-refractivity contribution in [3.63, 3.8) is 0 Å². The van der Waals surface area contributed by atoms with Gasteiger partial charge in [0.25, 0.3) is 0 Å². The van der Waals surface area contributed by atoms with Gasteiger partial charge in [-0.25, -0.2) is 4.39 Å². The third kappa shape index (κ3) is 3.06. The maximum absolute atomic E-state index is 14.0. The van der Waals surface area contributed by atoms with Gasteiger partial charge in [-0.3, -0.25) is 4.90 Å². The summed E-state index contributed by atoms with van der Waals surface area (Å²) in [6, 6.07) is 5.57. The van der Waals surface area contributed by atoms with E-state index in [0.29, 0.717) is 0 Å². The first kappa shape index (κ1) is 13.0. The summed E-state index contributed by atoms with van der Waals surface area (Å²) in [4.78, 5) is 2.36. The quantitative estimate of drug-likeness (QED) is 0.923. The van der Waals surface area contributed by atoms with Crippen LogP contribution >= 0.6 is 15.9 Å². The van der Waals surface area contributed by atoms with Crippen LogP contribution in [-0.2, 0) is 0 Å². The van der Waals surface area contributed by atoms with Gasteiger partial charge in [-0.15, -0.1) is 0 Å². The number of nitrogens with one attached hydrogen (secondary N) is 1. The maximum Gasteiger partial charge on any atom is 0.129 e. The summed E-state index contributed by atoms with van der Waals surface area (Å²) in [5.74, 6) is -0.107. The Bertz CT molecular complexity index is 378. The van der Waals surface area contributed by atoms with Gasteiger partial charge in [0.05, 0.1) is 0 Å². The van der Waals surface area contributed by atoms with Crippen molar-refractivity contribution in [1.29, 1.82) is 0 Å². The summed E-state index contributed by atoms with van der Waals surface area (Å²) in [6.07, 6.45) is 0.943. The zero-order valence-electron chi connectivity index (χ0n) is 10.0. The Morgan fingerprint density at radius 3 is 2.71 bits per heavy atom. The molecule has 1 saturated heterocycles. The van der Waals surface area contributed by atoms with Gasteiger partial charge in [-0.2, -0.15) is 0 Å². The zero-order valence-corrected chi connectivity index (χ0v) is 11.6. The van der Waals surface area contributed by atoms with E-state index in [1.165, 1.54) is 0 Å². The third-order valence-corrected chi connectivity index (χ3v) is 3.79. The van der Waals surface area contributed by atoms with E-state index in [-0.39, 0.29) is 11.9 Å². The first-order valence-corrected chi connectivity index (χ1v) is 6.91. The molecule has 94 valence electrons. The molecule has 4 heteroatoms. The summed E-state index contributed by atoms with van der Waals surface area (Å²) < 4.78 is 14.8. The molecule has 1 aromatic carbocycles. The van der Waals surface area contributed by atoms with Gasteiger partial charge in [0.1, 0.15) is 5.82 Å². The molecular formula is C13H18BrFN2. The molecule has 17 heavy (non-hydrogen) atoms. The van der Waals surface area contributed by atoms with Crippen molar-refractivity contribution in [2.75, 3.05) is 26.2 Å². The van der Waals surface area contributed by atoms with E-state index >= 15 is 0 Å². The summed E-state index contributed by atoms with van der Waals surface area (Å²) in [7, 11) is 0. The maximum atomic E-state index is 14.0. The molecule has 0 amide bonds. The predicted molar refractivity (Wildman–Crippen MR) is 71.6 cm³/mol. The van der Waals surface area contributed by atoms with E-state index < -0.39 is 0 Å². The highest BCUT2D eigenvalue weighted by Gasteiger charge is 2.22. The molecule has 1 atom stereocenters. The van der Waals surface area contributed by atoms with Gasteiger partial charge in [0, 0.05) is 42.3 Å². The van der Waals surface area contributed by atoms with Crippen LogP contribution in [0.5, 0.6) is 0 Å². The van der Waals surface area contributed by atoms with E-state index in [4.69, 9.17) is 0 Å². The average molecular weight is 301 g/mol. The third-order valence-electron chi connectivity index (χ3n) is 3.30. The Morgan fingerprint density at radius 1 is 1.41 bits per heavy atom. The van der Waals surface area contributed by atoms with Gasteiger partial charge in [-0.1, -0.05) is 28.9 Å². The second-order valence-electron chi connectivity index (χ2n) is 4.38. The van der Waals surface area contributed by atoms with E-state index in [1.54, 1.807) is 6.07 Å². The number of benzene rings is 1. The first-order chi connectivity index (χ1) is 8.22. The topological polar surface area (TPSA) is 15.3 Å². The molecule has 1 aromatic rings. The van der Waals surface area contributed by atoms with Gasteiger partial charge in [0.2, 0.25) is 0 Å². The highest BCUT2D eigenvalue weighted by molar-refractivity contribution is 9.10. The molecule has 2 nitrogen and oxygen atoms in total. The fourth-order valence-electron chi connectivity index (χ4n) is 2.44. The highest BCUT2D eigenvalue weighted by Crippen LogP contribution is 2.28. The summed E-state index contributed by atoms with van der Waals surface area (Å²) in [5.41, 5.74) is 0.817. The Kier molecular flexibility index (Phi) is 4.54. The van der Waals surface area contributed by atoms with Gasteiger partial charge in [0.15, 0.2) is 0 Å². The fraction of sp³-hybridized carbons (Fsp3) is 0.538. The molecule has 2 rings (SSSR count). The number of nitrogens with zero attached hydrogens (tertiary/aromatic N) is 1. The van der Waals surface area contributed by atoms with Crippen LogP contribution in [0, 0.1) is 5.82 Å². The molecule has 0 radical (unpaired) electrons. The average Bonchev–Trinajstić information content (AvgIpc) is 2.34. The van der Waals surface area contributed by atoms with Crippen LogP contribution in [0.3, 0.4) is 0 Å². The molecule has 1 fully saturated rings. The van der Waals surface area contributed by atoms with Gasteiger partial charge >= 0.3 is 0 Å². The second-order valence-corrected chi connectivity index (χ2v) is 5.29. The van der Waals surface area contributed by atoms with E-state index in [2.05, 4.69) is 33.1 Å². The van der Waals surface area contributed by atoms with Gasteiger partial charge in [-0.05, 0) is 18.6 Å². The predicted octanol–water partition coefficient (Wildman–Crippen LogP) is 2.94. The zero-order chi connectivity index (χ0) is 12.3. The minimum Gasteiger partial charge on any atom is -0.314 e. The van der Waals surface area contributed by atoms with Crippen LogP contribution in [0.1, 0.15) is 24.9 Å². The molecule has 0 aliphatic carbocycles. The lowest BCUT2D eigenvalue weighted by molar-refractivity contribution is 0.166. The number of piperazine rings is 1. The molecule has 0 aromatic heterocycles. The SMILES string of the molecule is CC[C@@H](c1ccc(Br)cc1F)N1CCNCC1. The van der Waals surface area contributed by atoms with Crippen molar-refractivity contribution in [2.45, 2.75) is 19.4 Å². The van der Waals surface area contributed by atoms with Crippen molar-refractivity contribution < 1.29 is 4.39 Å². The standard InChI is InChI=1S/C13H18BrFN2/c1-2-13(17-7-5-16-6-8-17)11-4-3-10(14)9-12(11)15/h3-4,9,13,16H,2,5-8H2,1H3/t13-/m0/s1. The molecule has 0 spiro atoms. The molecule has 1 aliphatic heterocycles. The monoisotopic (exact) mass is 300 g/mol. The summed E-state index contributed by atoms with van der Waals surface area (Å²) in [5, 5.41) is 3.33. The van der Waals surface area contributed by atoms with Crippen LogP contribution in [0.15, 0.2) is 22.7 Å². The van der Waals surface area contributed by atoms with Crippen molar-refractivity contribution in [1.82, 2.24) is 10.2 Å². The molecular weight excluding hydrogens is 283 g/mol. The van der Waals surface area contributed by atoms with Crippen LogP contribution < -0.4 is 5.32 Å². The molecule has 1 aliphatic rings. The molecule has 0 bridgehead atoms. The highest BCUT2D eigenvalue weighted by atomic mass is 79.9. The number of hydrogen-bond acceptors (Lipinski definition) is 2. The molecule has 1 heterocycles. The first-order valence-electron chi connectivity index (χ1n) is 6.12. The lowest BCUT2D eigenvalue weighted by atomic mass is 10.0. The van der Waals surface area contributed by atoms with Crippen LogP contribution in [0.25, 0.3) is 0 Å². The summed E-state index contributed by atoms with van der Waals surface area (Å²) in [6.45, 7) is 6.10. The summed E-state index contributed by atoms with van der Waals surface area (Å²) >= 11 is 3.30. The van der Waals surface area contributed by atoms with Crippen LogP contribution in [0.2, 0.25) is 0 Å². The smallest absolute Gasteiger partial charge is 0.129 e. The Morgan fingerprint density at radius 2 is 2.12 bits per heavy atom. The Hall–Kier alpha value is -0.450. The van der Waals surface area contributed by atoms with Crippen LogP contribution in [-0.4, -0.2) is 31.1 Å². The van der Waals surface area contributed by atoms with E-state index in [0.717, 1.165) is 42.6 Å².